The molecule has 1 aromatic carbocycles. The summed E-state index contributed by atoms with van der Waals surface area (Å²) in [6.45, 7) is 0.0736. The average molecular weight is 270 g/mol. The standard InChI is InChI=1S/C11H9F3N4O/c12-11(13,14)8-3-1-2-7(4-8)5-18-6-9(10(15)19)16-17-18/h1-4,6H,5H2,(H2,15,19). The first-order chi connectivity index (χ1) is 8.86. The van der Waals surface area contributed by atoms with E-state index >= 15 is 0 Å². The van der Waals surface area contributed by atoms with E-state index in [1.807, 2.05) is 0 Å². The summed E-state index contributed by atoms with van der Waals surface area (Å²) in [6.07, 6.45) is -3.11. The smallest absolute Gasteiger partial charge is 0.364 e. The SMILES string of the molecule is NC(=O)c1cn(Cc2cccc(C(F)(F)F)c2)nn1. The van der Waals surface area contributed by atoms with E-state index in [0.29, 0.717) is 5.56 Å². The van der Waals surface area contributed by atoms with Crippen molar-refractivity contribution in [3.05, 3.63) is 47.3 Å². The Kier molecular flexibility index (Phi) is 3.24. The molecule has 1 aromatic heterocycles. The fourth-order valence-electron chi connectivity index (χ4n) is 1.52. The second-order valence-corrected chi connectivity index (χ2v) is 3.86. The molecule has 0 saturated heterocycles. The lowest BCUT2D eigenvalue weighted by Crippen LogP contribution is -2.11. The van der Waals surface area contributed by atoms with Gasteiger partial charge in [0.05, 0.1) is 18.3 Å². The van der Waals surface area contributed by atoms with Crippen LogP contribution in [0.4, 0.5) is 13.2 Å². The van der Waals surface area contributed by atoms with Crippen LogP contribution in [0.25, 0.3) is 0 Å². The van der Waals surface area contributed by atoms with E-state index in [-0.39, 0.29) is 12.2 Å². The number of carbonyl (C=O) groups is 1. The maximum Gasteiger partial charge on any atom is 0.416 e. The minimum atomic E-state index is -4.39. The zero-order valence-corrected chi connectivity index (χ0v) is 9.55. The predicted octanol–water partition coefficient (Wildman–Crippen LogP) is 1.44. The molecule has 0 fully saturated rings. The number of hydrogen-bond acceptors (Lipinski definition) is 3. The van der Waals surface area contributed by atoms with Crippen LogP contribution in [-0.4, -0.2) is 20.9 Å². The van der Waals surface area contributed by atoms with Crippen LogP contribution in [0.3, 0.4) is 0 Å². The number of primary amides is 1. The van der Waals surface area contributed by atoms with E-state index in [0.717, 1.165) is 12.1 Å². The van der Waals surface area contributed by atoms with E-state index in [2.05, 4.69) is 10.3 Å². The molecule has 2 rings (SSSR count). The molecule has 0 bridgehead atoms. The highest BCUT2D eigenvalue weighted by molar-refractivity contribution is 5.90. The zero-order valence-electron chi connectivity index (χ0n) is 9.55. The molecular weight excluding hydrogens is 261 g/mol. The van der Waals surface area contributed by atoms with Gasteiger partial charge in [0.1, 0.15) is 0 Å². The lowest BCUT2D eigenvalue weighted by Gasteiger charge is -2.08. The third-order valence-electron chi connectivity index (χ3n) is 2.39. The summed E-state index contributed by atoms with van der Waals surface area (Å²) < 4.78 is 38.8. The number of alkyl halides is 3. The third kappa shape index (κ3) is 3.09. The van der Waals surface area contributed by atoms with E-state index in [1.54, 1.807) is 0 Å². The summed E-state index contributed by atoms with van der Waals surface area (Å²) in [6, 6.07) is 4.84. The van der Waals surface area contributed by atoms with Crippen molar-refractivity contribution in [3.63, 3.8) is 0 Å². The Bertz CT molecular complexity index is 606. The van der Waals surface area contributed by atoms with Gasteiger partial charge in [-0.05, 0) is 17.7 Å². The molecule has 1 heterocycles. The lowest BCUT2D eigenvalue weighted by atomic mass is 10.1. The van der Waals surface area contributed by atoms with Crippen LogP contribution >= 0.6 is 0 Å². The van der Waals surface area contributed by atoms with Crippen molar-refractivity contribution in [2.75, 3.05) is 0 Å². The minimum Gasteiger partial charge on any atom is -0.364 e. The molecular formula is C11H9F3N4O. The Morgan fingerprint density at radius 2 is 2.11 bits per heavy atom. The molecule has 2 aromatic rings. The van der Waals surface area contributed by atoms with Crippen LogP contribution in [0, 0.1) is 0 Å². The maximum atomic E-state index is 12.5. The van der Waals surface area contributed by atoms with Crippen molar-refractivity contribution in [3.8, 4) is 0 Å². The Morgan fingerprint density at radius 1 is 1.37 bits per heavy atom. The average Bonchev–Trinajstić information content (AvgIpc) is 2.77. The molecule has 19 heavy (non-hydrogen) atoms. The fourth-order valence-corrected chi connectivity index (χ4v) is 1.52. The van der Waals surface area contributed by atoms with Crippen LogP contribution in [-0.2, 0) is 12.7 Å². The van der Waals surface area contributed by atoms with Crippen molar-refractivity contribution in [2.45, 2.75) is 12.7 Å². The minimum absolute atomic E-state index is 0.0352. The fraction of sp³-hybridized carbons (Fsp3) is 0.182. The van der Waals surface area contributed by atoms with Gasteiger partial charge in [0.15, 0.2) is 5.69 Å². The van der Waals surface area contributed by atoms with Crippen molar-refractivity contribution in [2.24, 2.45) is 5.73 Å². The highest BCUT2D eigenvalue weighted by atomic mass is 19.4. The van der Waals surface area contributed by atoms with Crippen molar-refractivity contribution in [1.29, 1.82) is 0 Å². The number of nitrogens with zero attached hydrogens (tertiary/aromatic N) is 3. The monoisotopic (exact) mass is 270 g/mol. The Balaban J connectivity index is 2.21. The molecule has 0 aliphatic rings. The summed E-state index contributed by atoms with van der Waals surface area (Å²) >= 11 is 0. The zero-order chi connectivity index (χ0) is 14.0. The first-order valence-corrected chi connectivity index (χ1v) is 5.22. The van der Waals surface area contributed by atoms with E-state index < -0.39 is 17.6 Å². The quantitative estimate of drug-likeness (QED) is 0.917. The normalized spacial score (nSPS) is 11.5. The van der Waals surface area contributed by atoms with Gasteiger partial charge in [-0.2, -0.15) is 13.2 Å². The largest absolute Gasteiger partial charge is 0.416 e. The topological polar surface area (TPSA) is 73.8 Å². The van der Waals surface area contributed by atoms with Gasteiger partial charge in [0, 0.05) is 0 Å². The molecule has 8 heteroatoms. The van der Waals surface area contributed by atoms with Gasteiger partial charge in [-0.15, -0.1) is 5.10 Å². The number of benzene rings is 1. The second-order valence-electron chi connectivity index (χ2n) is 3.86. The van der Waals surface area contributed by atoms with Gasteiger partial charge in [0.2, 0.25) is 0 Å². The summed E-state index contributed by atoms with van der Waals surface area (Å²) in [4.78, 5) is 10.8. The molecule has 0 spiro atoms. The molecule has 0 saturated carbocycles. The Labute approximate surface area is 105 Å². The number of hydrogen-bond donors (Lipinski definition) is 1. The molecule has 0 unspecified atom stereocenters. The Morgan fingerprint density at radius 3 is 2.68 bits per heavy atom. The highest BCUT2D eigenvalue weighted by Crippen LogP contribution is 2.29. The number of nitrogens with two attached hydrogens (primary N) is 1. The van der Waals surface area contributed by atoms with Gasteiger partial charge in [-0.1, -0.05) is 17.3 Å². The van der Waals surface area contributed by atoms with Crippen molar-refractivity contribution >= 4 is 5.91 Å². The van der Waals surface area contributed by atoms with Crippen LogP contribution in [0.5, 0.6) is 0 Å². The van der Waals surface area contributed by atoms with Gasteiger partial charge in [-0.25, -0.2) is 4.68 Å². The lowest BCUT2D eigenvalue weighted by molar-refractivity contribution is -0.137. The third-order valence-corrected chi connectivity index (χ3v) is 2.39. The van der Waals surface area contributed by atoms with Crippen molar-refractivity contribution in [1.82, 2.24) is 15.0 Å². The highest BCUT2D eigenvalue weighted by Gasteiger charge is 2.30. The van der Waals surface area contributed by atoms with E-state index in [1.165, 1.54) is 23.0 Å². The number of carbonyl (C=O) groups excluding carboxylic acids is 1. The first kappa shape index (κ1) is 13.1. The molecule has 0 radical (unpaired) electrons. The molecule has 0 atom stereocenters. The van der Waals surface area contributed by atoms with E-state index in [4.69, 9.17) is 5.73 Å². The molecule has 100 valence electrons. The van der Waals surface area contributed by atoms with Gasteiger partial charge in [0.25, 0.3) is 5.91 Å². The first-order valence-electron chi connectivity index (χ1n) is 5.22. The maximum absolute atomic E-state index is 12.5. The van der Waals surface area contributed by atoms with Crippen molar-refractivity contribution < 1.29 is 18.0 Å². The molecule has 2 N–H and O–H groups in total. The summed E-state index contributed by atoms with van der Waals surface area (Å²) in [5.74, 6) is -0.740. The number of aromatic nitrogens is 3. The summed E-state index contributed by atoms with van der Waals surface area (Å²) in [5, 5.41) is 7.11. The molecule has 0 aliphatic carbocycles. The van der Waals surface area contributed by atoms with Gasteiger partial charge in [-0.3, -0.25) is 4.79 Å². The second kappa shape index (κ2) is 4.71. The van der Waals surface area contributed by atoms with Gasteiger partial charge < -0.3 is 5.73 Å². The molecule has 0 aliphatic heterocycles. The number of halogens is 3. The van der Waals surface area contributed by atoms with Crippen LogP contribution < -0.4 is 5.73 Å². The van der Waals surface area contributed by atoms with Gasteiger partial charge >= 0.3 is 6.18 Å². The molecule has 1 amide bonds. The van der Waals surface area contributed by atoms with Crippen LogP contribution in [0.1, 0.15) is 21.6 Å². The Hall–Kier alpha value is -2.38. The van der Waals surface area contributed by atoms with Crippen LogP contribution in [0.2, 0.25) is 0 Å². The molecule has 5 nitrogen and oxygen atoms in total. The summed E-state index contributed by atoms with van der Waals surface area (Å²) in [5.41, 5.74) is 4.63. The number of amides is 1. The predicted molar refractivity (Wildman–Crippen MR) is 59.1 cm³/mol. The summed E-state index contributed by atoms with van der Waals surface area (Å²) in [7, 11) is 0. The number of rotatable bonds is 3. The van der Waals surface area contributed by atoms with E-state index in [9.17, 15) is 18.0 Å². The van der Waals surface area contributed by atoms with Crippen LogP contribution in [0.15, 0.2) is 30.5 Å².